The van der Waals surface area contributed by atoms with Gasteiger partial charge >= 0.3 is 0 Å². The molecule has 3 rings (SSSR count). The van der Waals surface area contributed by atoms with Crippen molar-refractivity contribution in [3.05, 3.63) is 38.3 Å². The summed E-state index contributed by atoms with van der Waals surface area (Å²) < 4.78 is 0.776. The Morgan fingerprint density at radius 1 is 1.00 bits per heavy atom. The van der Waals surface area contributed by atoms with E-state index in [0.717, 1.165) is 10.0 Å². The smallest absolute Gasteiger partial charge is 0.146 e. The van der Waals surface area contributed by atoms with Gasteiger partial charge in [-0.3, -0.25) is 0 Å². The number of fused-ring (bicyclic) bond motifs is 2. The first-order valence-electron chi connectivity index (χ1n) is 5.42. The fourth-order valence-electron chi connectivity index (χ4n) is 1.90. The number of aromatic nitrogens is 2. The Hall–Kier alpha value is -1.10. The van der Waals surface area contributed by atoms with Gasteiger partial charge in [0.15, 0.2) is 0 Å². The second-order valence-electron chi connectivity index (χ2n) is 4.20. The number of hydrogen-bond acceptors (Lipinski definition) is 3. The summed E-state index contributed by atoms with van der Waals surface area (Å²) in [5.41, 5.74) is 2.99. The van der Waals surface area contributed by atoms with Gasteiger partial charge in [-0.2, -0.15) is 0 Å². The Labute approximate surface area is 127 Å². The maximum Gasteiger partial charge on any atom is 0.146 e. The summed E-state index contributed by atoms with van der Waals surface area (Å²) in [6, 6.07) is 5.10. The van der Waals surface area contributed by atoms with E-state index in [1.165, 1.54) is 0 Å². The molecule has 3 nitrogen and oxygen atoms in total. The van der Waals surface area contributed by atoms with Gasteiger partial charge in [-0.15, -0.1) is 0 Å². The minimum atomic E-state index is 0.124. The second kappa shape index (κ2) is 4.47. The van der Waals surface area contributed by atoms with Gasteiger partial charge in [-0.1, -0.05) is 23.2 Å². The van der Waals surface area contributed by atoms with Crippen LogP contribution in [0.4, 0.5) is 0 Å². The number of aryl methyl sites for hydroxylation is 1. The molecule has 0 fully saturated rings. The van der Waals surface area contributed by atoms with E-state index in [4.69, 9.17) is 23.2 Å². The topological polar surface area (TPSA) is 46.0 Å². The molecular weight excluding hydrogens is 351 g/mol. The molecule has 0 radical (unpaired) electrons. The Kier molecular flexibility index (Phi) is 3.04. The summed E-state index contributed by atoms with van der Waals surface area (Å²) in [5.74, 6) is 0.124. The summed E-state index contributed by atoms with van der Waals surface area (Å²) >= 11 is 15.4. The highest BCUT2D eigenvalue weighted by atomic mass is 79.9. The predicted octanol–water partition coefficient (Wildman–Crippen LogP) is 4.87. The SMILES string of the molecule is Cc1cc(Br)c2nc3cc(Cl)c(Cl)cc3nc2c1O. The van der Waals surface area contributed by atoms with Crippen LogP contribution in [0.1, 0.15) is 5.56 Å². The Bertz CT molecular complexity index is 836. The molecule has 0 aliphatic heterocycles. The molecule has 0 spiro atoms. The largest absolute Gasteiger partial charge is 0.505 e. The van der Waals surface area contributed by atoms with Gasteiger partial charge in [-0.05, 0) is 46.6 Å². The second-order valence-corrected chi connectivity index (χ2v) is 5.87. The number of benzene rings is 2. The number of aromatic hydroxyl groups is 1. The van der Waals surface area contributed by atoms with Crippen molar-refractivity contribution in [2.45, 2.75) is 6.92 Å². The molecule has 0 atom stereocenters. The number of hydrogen-bond donors (Lipinski definition) is 1. The zero-order valence-electron chi connectivity index (χ0n) is 9.71. The predicted molar refractivity (Wildman–Crippen MR) is 81.2 cm³/mol. The molecule has 0 saturated heterocycles. The molecule has 0 aliphatic carbocycles. The molecular formula is C13H7BrCl2N2O. The quantitative estimate of drug-likeness (QED) is 0.584. The van der Waals surface area contributed by atoms with E-state index in [-0.39, 0.29) is 5.75 Å². The molecule has 96 valence electrons. The van der Waals surface area contributed by atoms with Crippen molar-refractivity contribution in [3.63, 3.8) is 0 Å². The zero-order chi connectivity index (χ0) is 13.7. The van der Waals surface area contributed by atoms with Crippen LogP contribution in [-0.4, -0.2) is 15.1 Å². The van der Waals surface area contributed by atoms with Gasteiger partial charge in [-0.25, -0.2) is 9.97 Å². The van der Waals surface area contributed by atoms with Crippen molar-refractivity contribution >= 4 is 61.2 Å². The molecule has 3 aromatic rings. The van der Waals surface area contributed by atoms with Gasteiger partial charge < -0.3 is 5.11 Å². The zero-order valence-corrected chi connectivity index (χ0v) is 12.8. The van der Waals surface area contributed by atoms with E-state index in [1.807, 2.05) is 0 Å². The summed E-state index contributed by atoms with van der Waals surface area (Å²) in [4.78, 5) is 8.88. The van der Waals surface area contributed by atoms with E-state index in [1.54, 1.807) is 25.1 Å². The minimum Gasteiger partial charge on any atom is -0.505 e. The van der Waals surface area contributed by atoms with Crippen LogP contribution in [0, 0.1) is 6.92 Å². The normalized spacial score (nSPS) is 11.4. The lowest BCUT2D eigenvalue weighted by atomic mass is 10.1. The van der Waals surface area contributed by atoms with Crippen LogP contribution in [0.3, 0.4) is 0 Å². The maximum atomic E-state index is 10.1. The Morgan fingerprint density at radius 3 is 2.11 bits per heavy atom. The van der Waals surface area contributed by atoms with Crippen molar-refractivity contribution < 1.29 is 5.11 Å². The monoisotopic (exact) mass is 356 g/mol. The van der Waals surface area contributed by atoms with E-state index < -0.39 is 0 Å². The molecule has 0 bridgehead atoms. The molecule has 0 unspecified atom stereocenters. The van der Waals surface area contributed by atoms with Crippen molar-refractivity contribution in [3.8, 4) is 5.75 Å². The number of phenols is 1. The van der Waals surface area contributed by atoms with Gasteiger partial charge in [0, 0.05) is 4.47 Å². The van der Waals surface area contributed by atoms with E-state index in [2.05, 4.69) is 25.9 Å². The summed E-state index contributed by atoms with van der Waals surface area (Å²) in [5, 5.41) is 10.9. The molecule has 6 heteroatoms. The van der Waals surface area contributed by atoms with Crippen LogP contribution in [0.2, 0.25) is 10.0 Å². The highest BCUT2D eigenvalue weighted by Crippen LogP contribution is 2.34. The fourth-order valence-corrected chi connectivity index (χ4v) is 2.83. The van der Waals surface area contributed by atoms with Crippen LogP contribution in [0.25, 0.3) is 22.1 Å². The van der Waals surface area contributed by atoms with E-state index in [0.29, 0.717) is 32.1 Å². The van der Waals surface area contributed by atoms with Crippen LogP contribution in [-0.2, 0) is 0 Å². The Balaban J connectivity index is 2.52. The molecule has 1 N–H and O–H groups in total. The molecule has 19 heavy (non-hydrogen) atoms. The third-order valence-electron chi connectivity index (χ3n) is 2.87. The average molecular weight is 358 g/mol. The lowest BCUT2D eigenvalue weighted by Crippen LogP contribution is -1.91. The fraction of sp³-hybridized carbons (Fsp3) is 0.0769. The number of halogens is 3. The van der Waals surface area contributed by atoms with Crippen molar-refractivity contribution in [1.82, 2.24) is 9.97 Å². The third-order valence-corrected chi connectivity index (χ3v) is 4.20. The summed E-state index contributed by atoms with van der Waals surface area (Å²) in [6.07, 6.45) is 0. The van der Waals surface area contributed by atoms with Crippen molar-refractivity contribution in [2.24, 2.45) is 0 Å². The summed E-state index contributed by atoms with van der Waals surface area (Å²) in [7, 11) is 0. The summed E-state index contributed by atoms with van der Waals surface area (Å²) in [6.45, 7) is 1.81. The van der Waals surface area contributed by atoms with Crippen LogP contribution in [0.15, 0.2) is 22.7 Å². The number of phenolic OH excluding ortho intramolecular Hbond substituents is 1. The van der Waals surface area contributed by atoms with E-state index >= 15 is 0 Å². The van der Waals surface area contributed by atoms with E-state index in [9.17, 15) is 5.11 Å². The lowest BCUT2D eigenvalue weighted by molar-refractivity contribution is 0.476. The van der Waals surface area contributed by atoms with Gasteiger partial charge in [0.2, 0.25) is 0 Å². The molecule has 0 aliphatic rings. The molecule has 1 heterocycles. The van der Waals surface area contributed by atoms with Crippen LogP contribution < -0.4 is 0 Å². The molecule has 0 amide bonds. The molecule has 1 aromatic heterocycles. The first kappa shape index (κ1) is 12.9. The molecule has 0 saturated carbocycles. The molecule has 2 aromatic carbocycles. The first-order chi connectivity index (χ1) is 8.97. The highest BCUT2D eigenvalue weighted by Gasteiger charge is 2.13. The number of nitrogens with zero attached hydrogens (tertiary/aromatic N) is 2. The first-order valence-corrected chi connectivity index (χ1v) is 6.97. The van der Waals surface area contributed by atoms with Crippen molar-refractivity contribution in [2.75, 3.05) is 0 Å². The van der Waals surface area contributed by atoms with Gasteiger partial charge in [0.1, 0.15) is 16.8 Å². The van der Waals surface area contributed by atoms with Crippen LogP contribution in [0.5, 0.6) is 5.75 Å². The van der Waals surface area contributed by atoms with Gasteiger partial charge in [0.25, 0.3) is 0 Å². The van der Waals surface area contributed by atoms with Crippen molar-refractivity contribution in [1.29, 1.82) is 0 Å². The number of rotatable bonds is 0. The lowest BCUT2D eigenvalue weighted by Gasteiger charge is -2.08. The average Bonchev–Trinajstić information content (AvgIpc) is 2.36. The standard InChI is InChI=1S/C13H7BrCl2N2O/c1-5-2-6(14)11-12(13(5)19)18-10-4-8(16)7(15)3-9(10)17-11/h2-4,19H,1H3. The van der Waals surface area contributed by atoms with Gasteiger partial charge in [0.05, 0.1) is 21.1 Å². The highest BCUT2D eigenvalue weighted by molar-refractivity contribution is 9.10. The minimum absolute atomic E-state index is 0.124. The van der Waals surface area contributed by atoms with Crippen LogP contribution >= 0.6 is 39.1 Å². The maximum absolute atomic E-state index is 10.1. The third kappa shape index (κ3) is 2.04. The Morgan fingerprint density at radius 2 is 1.53 bits per heavy atom.